The van der Waals surface area contributed by atoms with E-state index in [9.17, 15) is 0 Å². The molecule has 0 radical (unpaired) electrons. The lowest BCUT2D eigenvalue weighted by Gasteiger charge is -2.40. The van der Waals surface area contributed by atoms with Crippen LogP contribution in [0.15, 0.2) is 0 Å². The Morgan fingerprint density at radius 2 is 1.67 bits per heavy atom. The van der Waals surface area contributed by atoms with Crippen LogP contribution < -0.4 is 0 Å². The van der Waals surface area contributed by atoms with Crippen molar-refractivity contribution >= 4 is 0 Å². The standard InChI is InChI=1S/C13H25NO/c15-10-9-14(13-7-4-8-13)11-12-5-2-1-3-6-12/h12-13,15H,1-11H2. The molecule has 88 valence electrons. The van der Waals surface area contributed by atoms with E-state index in [0.29, 0.717) is 6.61 Å². The van der Waals surface area contributed by atoms with Gasteiger partial charge in [-0.2, -0.15) is 0 Å². The SMILES string of the molecule is OCCN(CC1CCCCC1)C1CCC1. The van der Waals surface area contributed by atoms with E-state index in [-0.39, 0.29) is 0 Å². The normalized spacial score (nSPS) is 24.4. The van der Waals surface area contributed by atoms with E-state index in [1.54, 1.807) is 0 Å². The van der Waals surface area contributed by atoms with Gasteiger partial charge in [0.15, 0.2) is 0 Å². The Balaban J connectivity index is 1.76. The predicted molar refractivity (Wildman–Crippen MR) is 62.9 cm³/mol. The highest BCUT2D eigenvalue weighted by Gasteiger charge is 2.26. The molecule has 1 N–H and O–H groups in total. The minimum absolute atomic E-state index is 0.337. The summed E-state index contributed by atoms with van der Waals surface area (Å²) in [7, 11) is 0. The smallest absolute Gasteiger partial charge is 0.0558 e. The first-order valence-corrected chi connectivity index (χ1v) is 6.75. The van der Waals surface area contributed by atoms with E-state index < -0.39 is 0 Å². The molecule has 0 unspecified atom stereocenters. The second-order valence-corrected chi connectivity index (χ2v) is 5.31. The minimum Gasteiger partial charge on any atom is -0.395 e. The third kappa shape index (κ3) is 3.18. The molecule has 2 rings (SSSR count). The Morgan fingerprint density at radius 3 is 2.20 bits per heavy atom. The Morgan fingerprint density at radius 1 is 0.933 bits per heavy atom. The molecular weight excluding hydrogens is 186 g/mol. The van der Waals surface area contributed by atoms with Crippen LogP contribution in [0.2, 0.25) is 0 Å². The number of aliphatic hydroxyl groups is 1. The van der Waals surface area contributed by atoms with Crippen molar-refractivity contribution in [2.45, 2.75) is 57.4 Å². The molecule has 0 heterocycles. The number of hydrogen-bond acceptors (Lipinski definition) is 2. The maximum atomic E-state index is 9.09. The van der Waals surface area contributed by atoms with E-state index in [0.717, 1.165) is 18.5 Å². The molecule has 0 aromatic carbocycles. The molecule has 0 saturated heterocycles. The second-order valence-electron chi connectivity index (χ2n) is 5.31. The van der Waals surface area contributed by atoms with Gasteiger partial charge in [0.25, 0.3) is 0 Å². The predicted octanol–water partition coefficient (Wildman–Crippen LogP) is 2.41. The average molecular weight is 211 g/mol. The van der Waals surface area contributed by atoms with Crippen molar-refractivity contribution in [1.82, 2.24) is 4.90 Å². The molecule has 0 bridgehead atoms. The number of rotatable bonds is 5. The molecule has 2 aliphatic rings. The lowest BCUT2D eigenvalue weighted by Crippen LogP contribution is -2.44. The summed E-state index contributed by atoms with van der Waals surface area (Å²) >= 11 is 0. The van der Waals surface area contributed by atoms with Crippen molar-refractivity contribution in [2.24, 2.45) is 5.92 Å². The Labute approximate surface area is 93.7 Å². The van der Waals surface area contributed by atoms with Crippen LogP contribution in [0.1, 0.15) is 51.4 Å². The summed E-state index contributed by atoms with van der Waals surface area (Å²) in [6.07, 6.45) is 11.3. The summed E-state index contributed by atoms with van der Waals surface area (Å²) in [4.78, 5) is 2.56. The Kier molecular flexibility index (Phi) is 4.45. The van der Waals surface area contributed by atoms with Crippen LogP contribution in [-0.2, 0) is 0 Å². The van der Waals surface area contributed by atoms with Gasteiger partial charge in [-0.15, -0.1) is 0 Å². The first-order valence-electron chi connectivity index (χ1n) is 6.75. The molecule has 0 amide bonds. The first kappa shape index (κ1) is 11.4. The lowest BCUT2D eigenvalue weighted by molar-refractivity contribution is 0.0776. The van der Waals surface area contributed by atoms with Crippen molar-refractivity contribution in [1.29, 1.82) is 0 Å². The first-order chi connectivity index (χ1) is 7.40. The molecule has 0 aliphatic heterocycles. The Bertz CT molecular complexity index is 173. The van der Waals surface area contributed by atoms with E-state index in [1.807, 2.05) is 0 Å². The summed E-state index contributed by atoms with van der Waals surface area (Å²) in [5.41, 5.74) is 0. The lowest BCUT2D eigenvalue weighted by atomic mass is 9.86. The van der Waals surface area contributed by atoms with E-state index >= 15 is 0 Å². The van der Waals surface area contributed by atoms with Gasteiger partial charge in [-0.25, -0.2) is 0 Å². The van der Waals surface area contributed by atoms with Crippen LogP contribution in [0.4, 0.5) is 0 Å². The largest absolute Gasteiger partial charge is 0.395 e. The molecule has 2 nitrogen and oxygen atoms in total. The number of nitrogens with zero attached hydrogens (tertiary/aromatic N) is 1. The van der Waals surface area contributed by atoms with Crippen LogP contribution in [-0.4, -0.2) is 35.7 Å². The monoisotopic (exact) mass is 211 g/mol. The molecule has 0 spiro atoms. The van der Waals surface area contributed by atoms with E-state index in [1.165, 1.54) is 57.9 Å². The number of hydrogen-bond donors (Lipinski definition) is 1. The zero-order valence-electron chi connectivity index (χ0n) is 9.83. The summed E-state index contributed by atoms with van der Waals surface area (Å²) in [5.74, 6) is 0.922. The Hall–Kier alpha value is -0.0800. The van der Waals surface area contributed by atoms with E-state index in [2.05, 4.69) is 4.90 Å². The van der Waals surface area contributed by atoms with Crippen molar-refractivity contribution in [3.63, 3.8) is 0 Å². The molecule has 0 aromatic rings. The van der Waals surface area contributed by atoms with Gasteiger partial charge in [0.2, 0.25) is 0 Å². The fourth-order valence-electron chi connectivity index (χ4n) is 3.00. The maximum Gasteiger partial charge on any atom is 0.0558 e. The topological polar surface area (TPSA) is 23.5 Å². The van der Waals surface area contributed by atoms with Gasteiger partial charge in [0, 0.05) is 19.1 Å². The third-order valence-corrected chi connectivity index (χ3v) is 4.20. The second kappa shape index (κ2) is 5.86. The van der Waals surface area contributed by atoms with Gasteiger partial charge < -0.3 is 5.11 Å². The molecule has 2 saturated carbocycles. The summed E-state index contributed by atoms with van der Waals surface area (Å²) < 4.78 is 0. The molecule has 0 atom stereocenters. The molecular formula is C13H25NO. The third-order valence-electron chi connectivity index (χ3n) is 4.20. The molecule has 15 heavy (non-hydrogen) atoms. The molecule has 2 heteroatoms. The van der Waals surface area contributed by atoms with Crippen molar-refractivity contribution < 1.29 is 5.11 Å². The van der Waals surface area contributed by atoms with Gasteiger partial charge in [0.05, 0.1) is 6.61 Å². The van der Waals surface area contributed by atoms with Gasteiger partial charge in [-0.1, -0.05) is 25.7 Å². The van der Waals surface area contributed by atoms with Gasteiger partial charge in [-0.05, 0) is 31.6 Å². The van der Waals surface area contributed by atoms with Crippen LogP contribution in [0, 0.1) is 5.92 Å². The summed E-state index contributed by atoms with van der Waals surface area (Å²) in [6, 6.07) is 0.805. The quantitative estimate of drug-likeness (QED) is 0.755. The van der Waals surface area contributed by atoms with Gasteiger partial charge in [0.1, 0.15) is 0 Å². The summed E-state index contributed by atoms with van der Waals surface area (Å²) in [5, 5.41) is 9.09. The van der Waals surface area contributed by atoms with Crippen LogP contribution in [0.3, 0.4) is 0 Å². The molecule has 2 fully saturated rings. The zero-order chi connectivity index (χ0) is 10.5. The zero-order valence-corrected chi connectivity index (χ0v) is 9.83. The molecule has 2 aliphatic carbocycles. The molecule has 0 aromatic heterocycles. The van der Waals surface area contributed by atoms with Crippen LogP contribution in [0.5, 0.6) is 0 Å². The average Bonchev–Trinajstić information content (AvgIpc) is 2.17. The highest BCUT2D eigenvalue weighted by atomic mass is 16.3. The highest BCUT2D eigenvalue weighted by molar-refractivity contribution is 4.82. The maximum absolute atomic E-state index is 9.09. The van der Waals surface area contributed by atoms with Crippen LogP contribution in [0.25, 0.3) is 0 Å². The summed E-state index contributed by atoms with van der Waals surface area (Å²) in [6.45, 7) is 2.50. The fourth-order valence-corrected chi connectivity index (χ4v) is 3.00. The minimum atomic E-state index is 0.337. The fraction of sp³-hybridized carbons (Fsp3) is 1.00. The van der Waals surface area contributed by atoms with E-state index in [4.69, 9.17) is 5.11 Å². The van der Waals surface area contributed by atoms with Crippen molar-refractivity contribution in [3.05, 3.63) is 0 Å². The number of aliphatic hydroxyl groups excluding tert-OH is 1. The van der Waals surface area contributed by atoms with Crippen LogP contribution >= 0.6 is 0 Å². The van der Waals surface area contributed by atoms with Gasteiger partial charge in [-0.3, -0.25) is 4.90 Å². The van der Waals surface area contributed by atoms with Gasteiger partial charge >= 0.3 is 0 Å². The van der Waals surface area contributed by atoms with Crippen molar-refractivity contribution in [2.75, 3.05) is 19.7 Å². The highest BCUT2D eigenvalue weighted by Crippen LogP contribution is 2.29. The van der Waals surface area contributed by atoms with Crippen molar-refractivity contribution in [3.8, 4) is 0 Å².